The van der Waals surface area contributed by atoms with Gasteiger partial charge in [-0.05, 0) is 50.5 Å². The molecule has 4 aromatic rings. The summed E-state index contributed by atoms with van der Waals surface area (Å²) in [5.41, 5.74) is 6.23. The monoisotopic (exact) mass is 423 g/mol. The largest absolute Gasteiger partial charge is 0.450 e. The van der Waals surface area contributed by atoms with Gasteiger partial charge in [0.2, 0.25) is 5.13 Å². The van der Waals surface area contributed by atoms with Crippen LogP contribution in [0.3, 0.4) is 0 Å². The zero-order chi connectivity index (χ0) is 20.5. The van der Waals surface area contributed by atoms with Crippen LogP contribution in [0, 0.1) is 27.7 Å². The molecule has 0 aliphatic heterocycles. The zero-order valence-corrected chi connectivity index (χ0v) is 18.3. The van der Waals surface area contributed by atoms with E-state index in [1.54, 1.807) is 11.8 Å². The number of nitrogens with zero attached hydrogens (tertiary/aromatic N) is 2. The van der Waals surface area contributed by atoms with Crippen molar-refractivity contribution in [3.63, 3.8) is 0 Å². The Bertz CT molecular complexity index is 1210. The summed E-state index contributed by atoms with van der Waals surface area (Å²) < 4.78 is 6.70. The van der Waals surface area contributed by atoms with Crippen LogP contribution in [0.15, 0.2) is 45.2 Å². The lowest BCUT2D eigenvalue weighted by molar-refractivity contribution is 0.0998. The number of anilines is 1. The first-order valence-electron chi connectivity index (χ1n) is 9.24. The normalized spacial score (nSPS) is 11.2. The second-order valence-corrected chi connectivity index (χ2v) is 9.32. The van der Waals surface area contributed by atoms with Gasteiger partial charge in [0.1, 0.15) is 5.58 Å². The lowest BCUT2D eigenvalue weighted by Gasteiger charge is -2.00. The number of furan rings is 1. The van der Waals surface area contributed by atoms with E-state index < -0.39 is 0 Å². The average Bonchev–Trinajstić information content (AvgIpc) is 3.25. The van der Waals surface area contributed by atoms with Crippen LogP contribution in [-0.2, 0) is 5.75 Å². The van der Waals surface area contributed by atoms with Gasteiger partial charge in [0.15, 0.2) is 10.1 Å². The van der Waals surface area contributed by atoms with Crippen molar-refractivity contribution in [1.29, 1.82) is 0 Å². The third-order valence-corrected chi connectivity index (χ3v) is 6.69. The zero-order valence-electron chi connectivity index (χ0n) is 16.7. The Hall–Kier alpha value is -2.64. The van der Waals surface area contributed by atoms with Crippen LogP contribution in [0.5, 0.6) is 0 Å². The summed E-state index contributed by atoms with van der Waals surface area (Å²) in [5.74, 6) is 0.825. The molecule has 0 aliphatic carbocycles. The first-order valence-corrected chi connectivity index (χ1v) is 11.0. The van der Waals surface area contributed by atoms with Gasteiger partial charge in [-0.1, -0.05) is 59.0 Å². The van der Waals surface area contributed by atoms with Crippen molar-refractivity contribution in [1.82, 2.24) is 10.2 Å². The fraction of sp³-hybridized carbons (Fsp3) is 0.227. The van der Waals surface area contributed by atoms with E-state index in [0.29, 0.717) is 10.9 Å². The number of nitrogens with one attached hydrogen (secondary N) is 1. The van der Waals surface area contributed by atoms with Crippen molar-refractivity contribution >= 4 is 45.1 Å². The van der Waals surface area contributed by atoms with Gasteiger partial charge in [-0.15, -0.1) is 10.2 Å². The molecule has 0 atom stereocenters. The Morgan fingerprint density at radius 3 is 2.72 bits per heavy atom. The van der Waals surface area contributed by atoms with Crippen molar-refractivity contribution < 1.29 is 9.21 Å². The predicted octanol–water partition coefficient (Wildman–Crippen LogP) is 6.06. The number of aromatic nitrogens is 2. The first-order chi connectivity index (χ1) is 13.9. The van der Waals surface area contributed by atoms with Crippen molar-refractivity contribution in [2.24, 2.45) is 0 Å². The molecule has 0 aliphatic rings. The highest BCUT2D eigenvalue weighted by Gasteiger charge is 2.20. The predicted molar refractivity (Wildman–Crippen MR) is 119 cm³/mol. The highest BCUT2D eigenvalue weighted by atomic mass is 32.2. The summed E-state index contributed by atoms with van der Waals surface area (Å²) in [6.45, 7) is 8.01. The fourth-order valence-corrected chi connectivity index (χ4v) is 5.00. The minimum absolute atomic E-state index is 0.304. The van der Waals surface area contributed by atoms with Gasteiger partial charge in [-0.2, -0.15) is 0 Å². The molecule has 0 saturated heterocycles. The topological polar surface area (TPSA) is 68.0 Å². The molecule has 0 radical (unpaired) electrons. The first kappa shape index (κ1) is 19.7. The number of rotatable bonds is 5. The van der Waals surface area contributed by atoms with Crippen LogP contribution >= 0.6 is 23.1 Å². The third kappa shape index (κ3) is 4.21. The molecule has 2 aromatic carbocycles. The summed E-state index contributed by atoms with van der Waals surface area (Å²) in [4.78, 5) is 12.8. The second kappa shape index (κ2) is 8.00. The van der Waals surface area contributed by atoms with E-state index in [4.69, 9.17) is 4.42 Å². The lowest BCUT2D eigenvalue weighted by Crippen LogP contribution is -2.11. The molecule has 29 heavy (non-hydrogen) atoms. The van der Waals surface area contributed by atoms with Crippen LogP contribution in [0.4, 0.5) is 5.13 Å². The van der Waals surface area contributed by atoms with Crippen LogP contribution in [-0.4, -0.2) is 16.1 Å². The molecule has 1 N–H and O–H groups in total. The molecule has 5 nitrogen and oxygen atoms in total. The van der Waals surface area contributed by atoms with Crippen molar-refractivity contribution in [2.75, 3.05) is 5.32 Å². The minimum Gasteiger partial charge on any atom is -0.450 e. The number of benzene rings is 2. The van der Waals surface area contributed by atoms with Crippen LogP contribution in [0.1, 0.15) is 38.4 Å². The fourth-order valence-electron chi connectivity index (χ4n) is 3.31. The molecule has 0 unspecified atom stereocenters. The summed E-state index contributed by atoms with van der Waals surface area (Å²) in [5, 5.41) is 12.5. The van der Waals surface area contributed by atoms with Crippen molar-refractivity contribution in [3.05, 3.63) is 70.0 Å². The van der Waals surface area contributed by atoms with Crippen molar-refractivity contribution in [2.45, 2.75) is 37.8 Å². The van der Waals surface area contributed by atoms with Crippen molar-refractivity contribution in [3.8, 4) is 0 Å². The molecule has 148 valence electrons. The number of hydrogen-bond donors (Lipinski definition) is 1. The standard InChI is InChI=1S/C22H21N3O2S2/c1-12-6-5-7-16(9-12)11-28-22-25-24-21(29-22)23-20(26)19-15(4)17-10-13(2)8-14(3)18(17)27-19/h5-10H,11H2,1-4H3,(H,23,24,26). The molecule has 0 fully saturated rings. The summed E-state index contributed by atoms with van der Waals surface area (Å²) >= 11 is 2.97. The SMILES string of the molecule is Cc1cccc(CSc2nnc(NC(=O)c3oc4c(C)cc(C)cc4c3C)s2)c1. The van der Waals surface area contributed by atoms with Gasteiger partial charge < -0.3 is 4.42 Å². The van der Waals surface area contributed by atoms with E-state index in [2.05, 4.69) is 52.8 Å². The molecule has 4 rings (SSSR count). The molecule has 0 spiro atoms. The van der Waals surface area contributed by atoms with E-state index in [9.17, 15) is 4.79 Å². The molecule has 1 amide bonds. The number of aryl methyl sites for hydroxylation is 4. The summed E-state index contributed by atoms with van der Waals surface area (Å²) in [7, 11) is 0. The van der Waals surface area contributed by atoms with Gasteiger partial charge >= 0.3 is 0 Å². The molecular weight excluding hydrogens is 402 g/mol. The maximum absolute atomic E-state index is 12.8. The smallest absolute Gasteiger partial charge is 0.293 e. The number of hydrogen-bond acceptors (Lipinski definition) is 6. The van der Waals surface area contributed by atoms with E-state index in [1.165, 1.54) is 22.5 Å². The van der Waals surface area contributed by atoms with Gasteiger partial charge in [0.05, 0.1) is 0 Å². The molecular formula is C22H21N3O2S2. The molecule has 2 heterocycles. The Kier molecular flexibility index (Phi) is 5.43. The van der Waals surface area contributed by atoms with E-state index in [0.717, 1.165) is 37.8 Å². The lowest BCUT2D eigenvalue weighted by atomic mass is 10.1. The Morgan fingerprint density at radius 1 is 1.10 bits per heavy atom. The summed E-state index contributed by atoms with van der Waals surface area (Å²) in [6.07, 6.45) is 0. The average molecular weight is 424 g/mol. The molecule has 7 heteroatoms. The van der Waals surface area contributed by atoms with Gasteiger partial charge in [0.25, 0.3) is 5.91 Å². The molecule has 2 aromatic heterocycles. The maximum atomic E-state index is 12.8. The quantitative estimate of drug-likeness (QED) is 0.312. The minimum atomic E-state index is -0.304. The van der Waals surface area contributed by atoms with E-state index in [-0.39, 0.29) is 5.91 Å². The number of carbonyl (C=O) groups is 1. The van der Waals surface area contributed by atoms with Crippen LogP contribution in [0.2, 0.25) is 0 Å². The number of thioether (sulfide) groups is 1. The maximum Gasteiger partial charge on any atom is 0.293 e. The number of carbonyl (C=O) groups excluding carboxylic acids is 1. The third-order valence-electron chi connectivity index (χ3n) is 4.65. The number of fused-ring (bicyclic) bond motifs is 1. The van der Waals surface area contributed by atoms with E-state index in [1.807, 2.05) is 26.8 Å². The number of amides is 1. The highest BCUT2D eigenvalue weighted by molar-refractivity contribution is 8.00. The van der Waals surface area contributed by atoms with E-state index >= 15 is 0 Å². The Balaban J connectivity index is 1.47. The Morgan fingerprint density at radius 2 is 1.93 bits per heavy atom. The van der Waals surface area contributed by atoms with Gasteiger partial charge in [-0.3, -0.25) is 10.1 Å². The van der Waals surface area contributed by atoms with Gasteiger partial charge in [0, 0.05) is 16.7 Å². The summed E-state index contributed by atoms with van der Waals surface area (Å²) in [6, 6.07) is 12.5. The highest BCUT2D eigenvalue weighted by Crippen LogP contribution is 2.31. The second-order valence-electron chi connectivity index (χ2n) is 7.12. The Labute approximate surface area is 177 Å². The molecule has 0 bridgehead atoms. The van der Waals surface area contributed by atoms with Gasteiger partial charge in [-0.25, -0.2) is 0 Å². The molecule has 0 saturated carbocycles. The van der Waals surface area contributed by atoms with Crippen LogP contribution < -0.4 is 5.32 Å². The van der Waals surface area contributed by atoms with Crippen LogP contribution in [0.25, 0.3) is 11.0 Å².